The van der Waals surface area contributed by atoms with Gasteiger partial charge >= 0.3 is 0 Å². The highest BCUT2D eigenvalue weighted by molar-refractivity contribution is 6.05. The highest BCUT2D eigenvalue weighted by Gasteiger charge is 2.38. The lowest BCUT2D eigenvalue weighted by molar-refractivity contribution is -0.119. The van der Waals surface area contributed by atoms with Crippen LogP contribution in [0.15, 0.2) is 18.2 Å². The van der Waals surface area contributed by atoms with Gasteiger partial charge in [0.25, 0.3) is 0 Å². The van der Waals surface area contributed by atoms with Crippen LogP contribution in [0.3, 0.4) is 0 Å². The van der Waals surface area contributed by atoms with Crippen LogP contribution < -0.4 is 16.4 Å². The summed E-state index contributed by atoms with van der Waals surface area (Å²) >= 11 is 0. The molecular weight excluding hydrogens is 202 g/mol. The molecule has 1 aromatic carbocycles. The predicted octanol–water partition coefficient (Wildman–Crippen LogP) is 1.29. The summed E-state index contributed by atoms with van der Waals surface area (Å²) in [5, 5.41) is 6.09. The van der Waals surface area contributed by atoms with E-state index in [0.717, 1.165) is 23.5 Å². The van der Waals surface area contributed by atoms with E-state index >= 15 is 0 Å². The summed E-state index contributed by atoms with van der Waals surface area (Å²) in [5.41, 5.74) is 7.95. The first kappa shape index (κ1) is 11.0. The molecule has 4 heteroatoms. The Morgan fingerprint density at radius 1 is 1.44 bits per heavy atom. The van der Waals surface area contributed by atoms with E-state index in [4.69, 9.17) is 5.73 Å². The summed E-state index contributed by atoms with van der Waals surface area (Å²) in [6.45, 7) is 5.19. The minimum Gasteiger partial charge on any atom is -0.384 e. The van der Waals surface area contributed by atoms with Crippen LogP contribution in [0.4, 0.5) is 11.4 Å². The fourth-order valence-electron chi connectivity index (χ4n) is 1.90. The van der Waals surface area contributed by atoms with Gasteiger partial charge in [0.2, 0.25) is 5.91 Å². The topological polar surface area (TPSA) is 67.2 Å². The van der Waals surface area contributed by atoms with Gasteiger partial charge in [-0.15, -0.1) is 0 Å². The molecule has 0 unspecified atom stereocenters. The lowest BCUT2D eigenvalue weighted by Crippen LogP contribution is -2.26. The average Bonchev–Trinajstić information content (AvgIpc) is 2.48. The molecule has 0 aliphatic carbocycles. The van der Waals surface area contributed by atoms with Crippen LogP contribution in [-0.4, -0.2) is 19.0 Å². The van der Waals surface area contributed by atoms with Crippen molar-refractivity contribution < 1.29 is 4.79 Å². The second-order valence-electron chi connectivity index (χ2n) is 4.55. The van der Waals surface area contributed by atoms with Gasteiger partial charge < -0.3 is 16.4 Å². The third-order valence-electron chi connectivity index (χ3n) is 2.98. The minimum atomic E-state index is -0.449. The Bertz CT molecular complexity index is 426. The molecule has 0 bridgehead atoms. The monoisotopic (exact) mass is 219 g/mol. The van der Waals surface area contributed by atoms with Crippen LogP contribution in [0.2, 0.25) is 0 Å². The van der Waals surface area contributed by atoms with Gasteiger partial charge in [-0.1, -0.05) is 0 Å². The molecule has 1 aliphatic heterocycles. The van der Waals surface area contributed by atoms with E-state index in [1.165, 1.54) is 0 Å². The van der Waals surface area contributed by atoms with Crippen LogP contribution in [-0.2, 0) is 10.2 Å². The molecule has 16 heavy (non-hydrogen) atoms. The molecule has 0 saturated heterocycles. The molecule has 0 fully saturated rings. The lowest BCUT2D eigenvalue weighted by atomic mass is 9.86. The molecule has 1 heterocycles. The van der Waals surface area contributed by atoms with Crippen molar-refractivity contribution in [3.05, 3.63) is 23.8 Å². The molecule has 1 aliphatic rings. The molecule has 0 spiro atoms. The number of rotatable bonds is 3. The maximum Gasteiger partial charge on any atom is 0.234 e. The Labute approximate surface area is 95.2 Å². The highest BCUT2D eigenvalue weighted by atomic mass is 16.2. The van der Waals surface area contributed by atoms with Gasteiger partial charge in [0, 0.05) is 24.5 Å². The zero-order chi connectivity index (χ0) is 11.8. The van der Waals surface area contributed by atoms with Gasteiger partial charge in [0.1, 0.15) is 0 Å². The van der Waals surface area contributed by atoms with E-state index in [1.54, 1.807) is 0 Å². The van der Waals surface area contributed by atoms with E-state index in [0.29, 0.717) is 6.54 Å². The fourth-order valence-corrected chi connectivity index (χ4v) is 1.90. The second kappa shape index (κ2) is 3.79. The number of nitrogens with two attached hydrogens (primary N) is 1. The van der Waals surface area contributed by atoms with Gasteiger partial charge in [0.15, 0.2) is 0 Å². The first-order chi connectivity index (χ1) is 7.55. The first-order valence-electron chi connectivity index (χ1n) is 5.45. The molecule has 1 aromatic rings. The normalized spacial score (nSPS) is 16.8. The van der Waals surface area contributed by atoms with Crippen molar-refractivity contribution in [1.82, 2.24) is 0 Å². The summed E-state index contributed by atoms with van der Waals surface area (Å²) in [6, 6.07) is 5.90. The number of nitrogens with one attached hydrogen (secondary N) is 2. The average molecular weight is 219 g/mol. The fraction of sp³-hybridized carbons (Fsp3) is 0.417. The smallest absolute Gasteiger partial charge is 0.234 e. The maximum atomic E-state index is 11.7. The number of hydrogen-bond acceptors (Lipinski definition) is 3. The van der Waals surface area contributed by atoms with Crippen LogP contribution in [0, 0.1) is 0 Å². The molecule has 0 radical (unpaired) electrons. The second-order valence-corrected chi connectivity index (χ2v) is 4.55. The number of amides is 1. The molecule has 0 atom stereocenters. The van der Waals surface area contributed by atoms with Crippen LogP contribution in [0.1, 0.15) is 19.4 Å². The van der Waals surface area contributed by atoms with Gasteiger partial charge in [-0.25, -0.2) is 0 Å². The van der Waals surface area contributed by atoms with Crippen molar-refractivity contribution in [2.24, 2.45) is 5.73 Å². The standard InChI is InChI=1S/C12H17N3O/c1-12(2)9-7-8(14-6-5-13)3-4-10(9)15-11(12)16/h3-4,7,14H,5-6,13H2,1-2H3,(H,15,16). The Hall–Kier alpha value is -1.55. The molecule has 4 N–H and O–H groups in total. The first-order valence-corrected chi connectivity index (χ1v) is 5.45. The van der Waals surface area contributed by atoms with Crippen LogP contribution in [0.5, 0.6) is 0 Å². The third kappa shape index (κ3) is 1.65. The molecule has 1 amide bonds. The summed E-state index contributed by atoms with van der Waals surface area (Å²) in [7, 11) is 0. The predicted molar refractivity (Wildman–Crippen MR) is 65.6 cm³/mol. The SMILES string of the molecule is CC1(C)C(=O)Nc2ccc(NCCN)cc21. The van der Waals surface area contributed by atoms with Gasteiger partial charge in [-0.3, -0.25) is 4.79 Å². The van der Waals surface area contributed by atoms with Crippen LogP contribution >= 0.6 is 0 Å². The Kier molecular flexibility index (Phi) is 2.59. The minimum absolute atomic E-state index is 0.0541. The molecule has 4 nitrogen and oxygen atoms in total. The quantitative estimate of drug-likeness (QED) is 0.717. The van der Waals surface area contributed by atoms with E-state index < -0.39 is 5.41 Å². The summed E-state index contributed by atoms with van der Waals surface area (Å²) in [4.78, 5) is 11.7. The van der Waals surface area contributed by atoms with Crippen molar-refractivity contribution in [3.8, 4) is 0 Å². The molecule has 0 saturated carbocycles. The number of hydrogen-bond donors (Lipinski definition) is 3. The summed E-state index contributed by atoms with van der Waals surface area (Å²) < 4.78 is 0. The molecule has 86 valence electrons. The van der Waals surface area contributed by atoms with E-state index in [-0.39, 0.29) is 5.91 Å². The summed E-state index contributed by atoms with van der Waals surface area (Å²) in [6.07, 6.45) is 0. The third-order valence-corrected chi connectivity index (χ3v) is 2.98. The van der Waals surface area contributed by atoms with Crippen molar-refractivity contribution in [1.29, 1.82) is 0 Å². The molecule has 0 aromatic heterocycles. The van der Waals surface area contributed by atoms with Crippen molar-refractivity contribution in [2.45, 2.75) is 19.3 Å². The molecular formula is C12H17N3O. The number of carbonyl (C=O) groups excluding carboxylic acids is 1. The van der Waals surface area contributed by atoms with Gasteiger partial charge in [0.05, 0.1) is 5.41 Å². The Morgan fingerprint density at radius 3 is 2.88 bits per heavy atom. The van der Waals surface area contributed by atoms with Gasteiger partial charge in [-0.2, -0.15) is 0 Å². The zero-order valence-corrected chi connectivity index (χ0v) is 9.63. The molecule has 2 rings (SSSR count). The number of carbonyl (C=O) groups is 1. The van der Waals surface area contributed by atoms with E-state index in [2.05, 4.69) is 10.6 Å². The lowest BCUT2D eigenvalue weighted by Gasteiger charge is -2.16. The van der Waals surface area contributed by atoms with E-state index in [1.807, 2.05) is 32.0 Å². The summed E-state index contributed by atoms with van der Waals surface area (Å²) in [5.74, 6) is 0.0541. The number of anilines is 2. The van der Waals surface area contributed by atoms with E-state index in [9.17, 15) is 4.79 Å². The number of fused-ring (bicyclic) bond motifs is 1. The van der Waals surface area contributed by atoms with Crippen molar-refractivity contribution in [3.63, 3.8) is 0 Å². The highest BCUT2D eigenvalue weighted by Crippen LogP contribution is 2.38. The largest absolute Gasteiger partial charge is 0.384 e. The van der Waals surface area contributed by atoms with Crippen molar-refractivity contribution in [2.75, 3.05) is 23.7 Å². The Balaban J connectivity index is 2.33. The maximum absolute atomic E-state index is 11.7. The van der Waals surface area contributed by atoms with Gasteiger partial charge in [-0.05, 0) is 37.6 Å². The number of benzene rings is 1. The van der Waals surface area contributed by atoms with Crippen LogP contribution in [0.25, 0.3) is 0 Å². The van der Waals surface area contributed by atoms with Crippen molar-refractivity contribution >= 4 is 17.3 Å². The zero-order valence-electron chi connectivity index (χ0n) is 9.63. The Morgan fingerprint density at radius 2 is 2.19 bits per heavy atom.